The minimum absolute atomic E-state index is 0.484. The number of rotatable bonds is 7. The Morgan fingerprint density at radius 3 is 1.74 bits per heavy atom. The fraction of sp³-hybridized carbons (Fsp3) is 0.0169. The number of fused-ring (bicyclic) bond motifs is 7. The van der Waals surface area contributed by atoms with E-state index in [4.69, 9.17) is 19.9 Å². The predicted octanol–water partition coefficient (Wildman–Crippen LogP) is 14.6. The van der Waals surface area contributed by atoms with Crippen LogP contribution in [0.2, 0.25) is 0 Å². The fourth-order valence-electron chi connectivity index (χ4n) is 10.2. The van der Waals surface area contributed by atoms with Crippen LogP contribution in [0.25, 0.3) is 93.6 Å². The summed E-state index contributed by atoms with van der Waals surface area (Å²) >= 11 is 1.71. The molecule has 9 aromatic carbocycles. The molecule has 6 heteroatoms. The zero-order chi connectivity index (χ0) is 42.9. The topological polar surface area (TPSA) is 56.5 Å². The molecular weight excluding hydrogens is 811 g/mol. The summed E-state index contributed by atoms with van der Waals surface area (Å²) in [4.78, 5) is 21.0. The van der Waals surface area contributed by atoms with Gasteiger partial charge in [0, 0.05) is 38.7 Å². The molecular formula is C59H37N5S. The van der Waals surface area contributed by atoms with Gasteiger partial charge in [0.2, 0.25) is 0 Å². The quantitative estimate of drug-likeness (QED) is 0.160. The number of para-hydroxylation sites is 2. The molecule has 1 aliphatic carbocycles. The van der Waals surface area contributed by atoms with E-state index >= 15 is 0 Å². The molecule has 0 radical (unpaired) electrons. The van der Waals surface area contributed by atoms with E-state index in [1.54, 1.807) is 11.3 Å². The summed E-state index contributed by atoms with van der Waals surface area (Å²) in [6.45, 7) is 0. The second-order valence-corrected chi connectivity index (χ2v) is 17.6. The highest BCUT2D eigenvalue weighted by Crippen LogP contribution is 2.57. The van der Waals surface area contributed by atoms with Crippen LogP contribution in [0.1, 0.15) is 22.3 Å². The van der Waals surface area contributed by atoms with Gasteiger partial charge in [-0.15, -0.1) is 11.3 Å². The van der Waals surface area contributed by atoms with Gasteiger partial charge in [0.05, 0.1) is 26.7 Å². The van der Waals surface area contributed by atoms with Crippen LogP contribution in [-0.2, 0) is 5.41 Å². The zero-order valence-corrected chi connectivity index (χ0v) is 35.8. The maximum Gasteiger partial charge on any atom is 0.164 e. The Morgan fingerprint density at radius 1 is 0.385 bits per heavy atom. The third-order valence-electron chi connectivity index (χ3n) is 13.0. The van der Waals surface area contributed by atoms with Crippen LogP contribution in [0.5, 0.6) is 0 Å². The van der Waals surface area contributed by atoms with Crippen molar-refractivity contribution in [3.8, 4) is 61.5 Å². The van der Waals surface area contributed by atoms with Crippen LogP contribution in [0.4, 0.5) is 0 Å². The Morgan fingerprint density at radius 2 is 0.969 bits per heavy atom. The van der Waals surface area contributed by atoms with Crippen molar-refractivity contribution in [1.82, 2.24) is 24.5 Å². The summed E-state index contributed by atoms with van der Waals surface area (Å²) in [5, 5.41) is 3.21. The summed E-state index contributed by atoms with van der Waals surface area (Å²) in [5.41, 5.74) is 15.1. The molecule has 0 atom stereocenters. The lowest BCUT2D eigenvalue weighted by Crippen LogP contribution is -2.28. The maximum atomic E-state index is 5.35. The van der Waals surface area contributed by atoms with Crippen molar-refractivity contribution >= 4 is 43.4 Å². The van der Waals surface area contributed by atoms with Crippen LogP contribution in [-0.4, -0.2) is 24.5 Å². The molecule has 0 spiro atoms. The molecule has 0 fully saturated rings. The number of aromatic nitrogens is 5. The number of thiazole rings is 1. The van der Waals surface area contributed by atoms with Crippen molar-refractivity contribution in [3.63, 3.8) is 0 Å². The van der Waals surface area contributed by atoms with Gasteiger partial charge < -0.3 is 4.57 Å². The summed E-state index contributed by atoms with van der Waals surface area (Å²) in [6.07, 6.45) is 0. The molecule has 0 bridgehead atoms. The first-order valence-electron chi connectivity index (χ1n) is 21.9. The van der Waals surface area contributed by atoms with Crippen molar-refractivity contribution in [3.05, 3.63) is 247 Å². The molecule has 304 valence electrons. The highest BCUT2D eigenvalue weighted by atomic mass is 32.1. The summed E-state index contributed by atoms with van der Waals surface area (Å²) in [7, 11) is 0. The number of hydrogen-bond acceptors (Lipinski definition) is 5. The monoisotopic (exact) mass is 847 g/mol. The molecule has 0 amide bonds. The predicted molar refractivity (Wildman–Crippen MR) is 266 cm³/mol. The lowest BCUT2D eigenvalue weighted by Gasteiger charge is -2.34. The molecule has 13 rings (SSSR count). The minimum Gasteiger partial charge on any atom is -0.309 e. The largest absolute Gasteiger partial charge is 0.309 e. The van der Waals surface area contributed by atoms with Gasteiger partial charge in [-0.2, -0.15) is 0 Å². The van der Waals surface area contributed by atoms with Gasteiger partial charge in [-0.05, 0) is 81.9 Å². The number of hydrogen-bond donors (Lipinski definition) is 0. The number of benzene rings is 9. The second-order valence-electron chi connectivity index (χ2n) is 16.5. The number of nitrogens with zero attached hydrogens (tertiary/aromatic N) is 5. The molecule has 5 nitrogen and oxygen atoms in total. The Hall–Kier alpha value is -8.32. The Kier molecular flexibility index (Phi) is 8.54. The smallest absolute Gasteiger partial charge is 0.164 e. The second kappa shape index (κ2) is 14.9. The highest BCUT2D eigenvalue weighted by Gasteiger charge is 2.46. The molecule has 0 unspecified atom stereocenters. The van der Waals surface area contributed by atoms with Crippen molar-refractivity contribution < 1.29 is 0 Å². The zero-order valence-electron chi connectivity index (χ0n) is 35.0. The first kappa shape index (κ1) is 37.3. The lowest BCUT2D eigenvalue weighted by molar-refractivity contribution is 0.769. The molecule has 0 saturated heterocycles. The van der Waals surface area contributed by atoms with Crippen LogP contribution in [0, 0.1) is 0 Å². The van der Waals surface area contributed by atoms with Gasteiger partial charge in [0.15, 0.2) is 17.5 Å². The van der Waals surface area contributed by atoms with Crippen LogP contribution >= 0.6 is 11.3 Å². The summed E-state index contributed by atoms with van der Waals surface area (Å²) in [6, 6.07) is 79.8. The van der Waals surface area contributed by atoms with Gasteiger partial charge in [0.1, 0.15) is 5.01 Å². The van der Waals surface area contributed by atoms with Gasteiger partial charge in [-0.1, -0.05) is 176 Å². The van der Waals surface area contributed by atoms with E-state index < -0.39 is 5.41 Å². The summed E-state index contributed by atoms with van der Waals surface area (Å²) < 4.78 is 3.42. The van der Waals surface area contributed by atoms with Crippen molar-refractivity contribution in [2.45, 2.75) is 5.41 Å². The van der Waals surface area contributed by atoms with Crippen molar-refractivity contribution in [2.75, 3.05) is 0 Å². The van der Waals surface area contributed by atoms with Gasteiger partial charge in [-0.25, -0.2) is 19.9 Å². The molecule has 0 N–H and O–H groups in total. The Bertz CT molecular complexity index is 3730. The first-order valence-corrected chi connectivity index (χ1v) is 22.7. The molecule has 0 saturated carbocycles. The standard InChI is InChI=1S/C59H37N5S/c1-5-18-38(19-6-1)55-61-56(63-57(62-55)47-28-17-31-52-54(47)46-27-14-16-30-51(46)64(52)43-24-11-4-12-25-43)39-33-35-53-50(37-39)60-58(65-53)40-32-34-45-44-26-13-15-29-48(44)59(49(45)36-40,41-20-7-2-8-21-41)42-22-9-3-10-23-42/h1-37H. The van der Waals surface area contributed by atoms with Gasteiger partial charge >= 0.3 is 0 Å². The average Bonchev–Trinajstić information content (AvgIpc) is 4.06. The van der Waals surface area contributed by atoms with Crippen LogP contribution in [0.15, 0.2) is 224 Å². The van der Waals surface area contributed by atoms with E-state index in [-0.39, 0.29) is 0 Å². The minimum atomic E-state index is -0.484. The van der Waals surface area contributed by atoms with E-state index in [1.165, 1.54) is 33.4 Å². The molecule has 65 heavy (non-hydrogen) atoms. The molecule has 3 aromatic heterocycles. The maximum absolute atomic E-state index is 5.35. The third-order valence-corrected chi connectivity index (χ3v) is 14.1. The molecule has 12 aromatic rings. The molecule has 0 aliphatic heterocycles. The average molecular weight is 848 g/mol. The molecule has 1 aliphatic rings. The SMILES string of the molecule is c1ccc(-c2nc(-c3ccc4sc(-c5ccc6c(c5)C(c5ccccc5)(c5ccccc5)c5ccccc5-6)nc4c3)nc(-c3cccc4c3c3ccccc3n4-c3ccccc3)n2)cc1. The Labute approximate surface area is 379 Å². The third kappa shape index (κ3) is 5.84. The van der Waals surface area contributed by atoms with Gasteiger partial charge in [0.25, 0.3) is 0 Å². The Balaban J connectivity index is 0.960. The van der Waals surface area contributed by atoms with E-state index in [0.717, 1.165) is 65.0 Å². The van der Waals surface area contributed by atoms with E-state index in [0.29, 0.717) is 17.5 Å². The summed E-state index contributed by atoms with van der Waals surface area (Å²) in [5.74, 6) is 1.83. The fourth-order valence-corrected chi connectivity index (χ4v) is 11.1. The first-order chi connectivity index (χ1) is 32.2. The van der Waals surface area contributed by atoms with E-state index in [1.807, 2.05) is 18.2 Å². The van der Waals surface area contributed by atoms with E-state index in [9.17, 15) is 0 Å². The highest BCUT2D eigenvalue weighted by molar-refractivity contribution is 7.21. The van der Waals surface area contributed by atoms with Crippen molar-refractivity contribution in [2.24, 2.45) is 0 Å². The van der Waals surface area contributed by atoms with Crippen LogP contribution in [0.3, 0.4) is 0 Å². The van der Waals surface area contributed by atoms with Crippen molar-refractivity contribution in [1.29, 1.82) is 0 Å². The normalized spacial score (nSPS) is 12.7. The van der Waals surface area contributed by atoms with Crippen LogP contribution < -0.4 is 0 Å². The lowest BCUT2D eigenvalue weighted by atomic mass is 9.67. The molecule has 3 heterocycles. The van der Waals surface area contributed by atoms with Gasteiger partial charge in [-0.3, -0.25) is 0 Å². The van der Waals surface area contributed by atoms with E-state index in [2.05, 4.69) is 211 Å².